The van der Waals surface area contributed by atoms with E-state index in [0.717, 1.165) is 17.2 Å². The molecule has 5 rings (SSSR count). The standard InChI is InChI=1S/C26H19F4N3/c27-23-20(8-4-14-32-23)16-5-3-6-19(15-16)25(17-10-12-18(13-11-17)26(28,29)30)22-9-2-1-7-21(22)24(31)33-25/h1-10,12,14-15H,11,13H2,(H2,31,33). The van der Waals surface area contributed by atoms with E-state index in [1.54, 1.807) is 24.3 Å². The monoisotopic (exact) mass is 449 g/mol. The van der Waals surface area contributed by atoms with Gasteiger partial charge in [0, 0.05) is 22.9 Å². The molecule has 0 amide bonds. The van der Waals surface area contributed by atoms with E-state index in [1.807, 2.05) is 36.4 Å². The van der Waals surface area contributed by atoms with E-state index in [-0.39, 0.29) is 12.8 Å². The predicted octanol–water partition coefficient (Wildman–Crippen LogP) is 6.06. The second-order valence-electron chi connectivity index (χ2n) is 8.06. The Bertz CT molecular complexity index is 1340. The molecule has 2 heterocycles. The minimum Gasteiger partial charge on any atom is -0.383 e. The quantitative estimate of drug-likeness (QED) is 0.390. The topological polar surface area (TPSA) is 51.3 Å². The first-order valence-corrected chi connectivity index (χ1v) is 10.4. The zero-order valence-electron chi connectivity index (χ0n) is 17.4. The van der Waals surface area contributed by atoms with Crippen molar-refractivity contribution < 1.29 is 17.6 Å². The minimum atomic E-state index is -4.37. The molecular formula is C26H19F4N3. The Morgan fingerprint density at radius 1 is 0.879 bits per heavy atom. The summed E-state index contributed by atoms with van der Waals surface area (Å²) >= 11 is 0. The Labute approximate surface area is 188 Å². The van der Waals surface area contributed by atoms with E-state index in [2.05, 4.69) is 4.98 Å². The molecule has 0 fully saturated rings. The molecular weight excluding hydrogens is 430 g/mol. The van der Waals surface area contributed by atoms with Crippen molar-refractivity contribution in [2.24, 2.45) is 10.7 Å². The van der Waals surface area contributed by atoms with Crippen molar-refractivity contribution in [3.63, 3.8) is 0 Å². The van der Waals surface area contributed by atoms with Gasteiger partial charge >= 0.3 is 6.18 Å². The first kappa shape index (κ1) is 21.1. The fourth-order valence-corrected chi connectivity index (χ4v) is 4.66. The molecule has 1 aliphatic carbocycles. The molecule has 0 radical (unpaired) electrons. The Morgan fingerprint density at radius 2 is 1.67 bits per heavy atom. The van der Waals surface area contributed by atoms with Gasteiger partial charge in [-0.25, -0.2) is 9.98 Å². The van der Waals surface area contributed by atoms with Crippen molar-refractivity contribution in [3.05, 3.63) is 113 Å². The highest BCUT2D eigenvalue weighted by Crippen LogP contribution is 2.50. The van der Waals surface area contributed by atoms with Gasteiger partial charge in [-0.05, 0) is 53.3 Å². The summed E-state index contributed by atoms with van der Waals surface area (Å²) < 4.78 is 54.2. The van der Waals surface area contributed by atoms with Crippen LogP contribution in [0.15, 0.2) is 95.2 Å². The second-order valence-corrected chi connectivity index (χ2v) is 8.06. The van der Waals surface area contributed by atoms with E-state index in [4.69, 9.17) is 10.7 Å². The number of benzene rings is 2. The van der Waals surface area contributed by atoms with Gasteiger partial charge in [0.2, 0.25) is 5.95 Å². The molecule has 1 atom stereocenters. The van der Waals surface area contributed by atoms with E-state index < -0.39 is 23.2 Å². The van der Waals surface area contributed by atoms with Crippen LogP contribution in [0, 0.1) is 5.95 Å². The van der Waals surface area contributed by atoms with Gasteiger partial charge in [-0.15, -0.1) is 0 Å². The zero-order chi connectivity index (χ0) is 23.2. The fourth-order valence-electron chi connectivity index (χ4n) is 4.66. The molecule has 0 bridgehead atoms. The maximum Gasteiger partial charge on any atom is 0.412 e. The molecule has 166 valence electrons. The van der Waals surface area contributed by atoms with E-state index >= 15 is 0 Å². The molecule has 1 aliphatic heterocycles. The lowest BCUT2D eigenvalue weighted by molar-refractivity contribution is -0.0941. The predicted molar refractivity (Wildman–Crippen MR) is 119 cm³/mol. The van der Waals surface area contributed by atoms with Crippen molar-refractivity contribution in [3.8, 4) is 11.1 Å². The Balaban J connectivity index is 1.74. The number of hydrogen-bond donors (Lipinski definition) is 1. The zero-order valence-corrected chi connectivity index (χ0v) is 17.4. The maximum atomic E-state index is 14.4. The molecule has 0 saturated heterocycles. The molecule has 2 aromatic carbocycles. The van der Waals surface area contributed by atoms with E-state index in [9.17, 15) is 17.6 Å². The Hall–Kier alpha value is -3.74. The van der Waals surface area contributed by atoms with Gasteiger partial charge in [0.05, 0.1) is 0 Å². The summed E-state index contributed by atoms with van der Waals surface area (Å²) in [5.74, 6) is -0.289. The number of allylic oxidation sites excluding steroid dienone is 3. The summed E-state index contributed by atoms with van der Waals surface area (Å²) in [5, 5.41) is 0. The third-order valence-electron chi connectivity index (χ3n) is 6.21. The summed E-state index contributed by atoms with van der Waals surface area (Å²) in [6, 6.07) is 17.9. The number of aromatic nitrogens is 1. The van der Waals surface area contributed by atoms with Crippen molar-refractivity contribution in [1.82, 2.24) is 4.98 Å². The minimum absolute atomic E-state index is 0.147. The van der Waals surface area contributed by atoms with Gasteiger partial charge in [0.1, 0.15) is 11.4 Å². The van der Waals surface area contributed by atoms with Gasteiger partial charge in [0.15, 0.2) is 0 Å². The lowest BCUT2D eigenvalue weighted by Crippen LogP contribution is -2.28. The number of halogens is 4. The van der Waals surface area contributed by atoms with Crippen LogP contribution in [0.4, 0.5) is 17.6 Å². The fraction of sp³-hybridized carbons (Fsp3) is 0.154. The normalized spacial score (nSPS) is 20.1. The average molecular weight is 449 g/mol. The molecule has 1 aromatic heterocycles. The third-order valence-corrected chi connectivity index (χ3v) is 6.21. The lowest BCUT2D eigenvalue weighted by atomic mass is 9.73. The molecule has 7 heteroatoms. The SMILES string of the molecule is NC1=NC(C2=CC=C(C(F)(F)F)CC2)(c2cccc(-c3cccnc3F)c2)c2ccccc21. The number of fused-ring (bicyclic) bond motifs is 1. The molecule has 3 nitrogen and oxygen atoms in total. The summed E-state index contributed by atoms with van der Waals surface area (Å²) in [6.45, 7) is 0. The van der Waals surface area contributed by atoms with Crippen molar-refractivity contribution in [2.75, 3.05) is 0 Å². The Morgan fingerprint density at radius 3 is 2.39 bits per heavy atom. The van der Waals surface area contributed by atoms with Crippen molar-refractivity contribution in [2.45, 2.75) is 24.6 Å². The molecule has 1 unspecified atom stereocenters. The van der Waals surface area contributed by atoms with Crippen LogP contribution in [0.3, 0.4) is 0 Å². The highest BCUT2D eigenvalue weighted by Gasteiger charge is 2.45. The molecule has 33 heavy (non-hydrogen) atoms. The maximum absolute atomic E-state index is 14.4. The van der Waals surface area contributed by atoms with Crippen LogP contribution in [0.25, 0.3) is 11.1 Å². The molecule has 2 N–H and O–H groups in total. The average Bonchev–Trinajstić information content (AvgIpc) is 3.13. The number of nitrogens with two attached hydrogens (primary N) is 1. The number of alkyl halides is 3. The van der Waals surface area contributed by atoms with Crippen LogP contribution in [0.5, 0.6) is 0 Å². The van der Waals surface area contributed by atoms with Crippen LogP contribution in [-0.4, -0.2) is 17.0 Å². The van der Waals surface area contributed by atoms with Gasteiger partial charge in [-0.1, -0.05) is 54.6 Å². The number of hydrogen-bond acceptors (Lipinski definition) is 3. The summed E-state index contributed by atoms with van der Waals surface area (Å²) in [4.78, 5) is 8.56. The molecule has 3 aromatic rings. The van der Waals surface area contributed by atoms with Gasteiger partial charge in [0.25, 0.3) is 0 Å². The summed E-state index contributed by atoms with van der Waals surface area (Å²) in [5.41, 5.74) is 8.48. The van der Waals surface area contributed by atoms with Crippen molar-refractivity contribution in [1.29, 1.82) is 0 Å². The van der Waals surface area contributed by atoms with Crippen LogP contribution < -0.4 is 5.73 Å². The van der Waals surface area contributed by atoms with Gasteiger partial charge in [-0.2, -0.15) is 17.6 Å². The first-order chi connectivity index (χ1) is 15.8. The number of pyridine rings is 1. The van der Waals surface area contributed by atoms with Crippen LogP contribution in [0.1, 0.15) is 29.5 Å². The Kier molecular flexibility index (Phi) is 4.92. The number of amidine groups is 1. The lowest BCUT2D eigenvalue weighted by Gasteiger charge is -2.33. The molecule has 0 saturated carbocycles. The number of aliphatic imine (C=N–C) groups is 1. The number of nitrogens with zero attached hydrogens (tertiary/aromatic N) is 2. The largest absolute Gasteiger partial charge is 0.412 e. The highest BCUT2D eigenvalue weighted by atomic mass is 19.4. The van der Waals surface area contributed by atoms with Crippen LogP contribution >= 0.6 is 0 Å². The number of rotatable bonds is 3. The van der Waals surface area contributed by atoms with Gasteiger partial charge in [-0.3, -0.25) is 0 Å². The highest BCUT2D eigenvalue weighted by molar-refractivity contribution is 6.03. The van der Waals surface area contributed by atoms with Crippen molar-refractivity contribution >= 4 is 5.84 Å². The molecule has 2 aliphatic rings. The van der Waals surface area contributed by atoms with Crippen LogP contribution in [-0.2, 0) is 5.54 Å². The van der Waals surface area contributed by atoms with E-state index in [0.29, 0.717) is 28.1 Å². The molecule has 0 spiro atoms. The smallest absolute Gasteiger partial charge is 0.383 e. The van der Waals surface area contributed by atoms with E-state index in [1.165, 1.54) is 12.3 Å². The summed E-state index contributed by atoms with van der Waals surface area (Å²) in [6.07, 6.45) is -0.351. The summed E-state index contributed by atoms with van der Waals surface area (Å²) in [7, 11) is 0. The van der Waals surface area contributed by atoms with Gasteiger partial charge < -0.3 is 5.73 Å². The second kappa shape index (κ2) is 7.69. The first-order valence-electron chi connectivity index (χ1n) is 10.4. The van der Waals surface area contributed by atoms with Crippen LogP contribution in [0.2, 0.25) is 0 Å². The third kappa shape index (κ3) is 3.44.